The molecule has 1 spiro atoms. The van der Waals surface area contributed by atoms with Crippen LogP contribution in [-0.2, 0) is 4.74 Å². The zero-order chi connectivity index (χ0) is 10.6. The summed E-state index contributed by atoms with van der Waals surface area (Å²) in [5.41, 5.74) is 0.258. The van der Waals surface area contributed by atoms with Crippen LogP contribution in [0.4, 0.5) is 0 Å². The predicted molar refractivity (Wildman–Crippen MR) is 64.4 cm³/mol. The molecule has 2 heteroatoms. The lowest BCUT2D eigenvalue weighted by Gasteiger charge is -2.37. The quantitative estimate of drug-likeness (QED) is 0.526. The van der Waals surface area contributed by atoms with Crippen LogP contribution in [0.2, 0.25) is 0 Å². The van der Waals surface area contributed by atoms with E-state index in [1.807, 2.05) is 0 Å². The van der Waals surface area contributed by atoms with Gasteiger partial charge in [-0.05, 0) is 38.0 Å². The van der Waals surface area contributed by atoms with E-state index < -0.39 is 0 Å². The summed E-state index contributed by atoms with van der Waals surface area (Å²) in [4.78, 5) is 0. The first-order valence-corrected chi connectivity index (χ1v) is 6.75. The van der Waals surface area contributed by atoms with Crippen molar-refractivity contribution in [3.8, 4) is 0 Å². The molecule has 15 heavy (non-hydrogen) atoms. The molecule has 1 heterocycles. The fraction of sp³-hybridized carbons (Fsp3) is 0.846. The molecule has 0 aromatic heterocycles. The average molecular weight is 229 g/mol. The van der Waals surface area contributed by atoms with Gasteiger partial charge in [0.2, 0.25) is 0 Å². The van der Waals surface area contributed by atoms with E-state index in [1.165, 1.54) is 38.5 Å². The molecule has 1 nitrogen and oxygen atoms in total. The van der Waals surface area contributed by atoms with Crippen LogP contribution in [0.15, 0.2) is 12.2 Å². The maximum Gasteiger partial charge on any atom is 0.0688 e. The van der Waals surface area contributed by atoms with Crippen molar-refractivity contribution in [2.24, 2.45) is 5.92 Å². The Labute approximate surface area is 97.8 Å². The van der Waals surface area contributed by atoms with Crippen LogP contribution in [0.1, 0.15) is 44.9 Å². The van der Waals surface area contributed by atoms with Crippen LogP contribution in [-0.4, -0.2) is 18.1 Å². The normalized spacial score (nSPS) is 30.3. The predicted octanol–water partition coefficient (Wildman–Crippen LogP) is 3.91. The largest absolute Gasteiger partial charge is 0.375 e. The number of hydrogen-bond donors (Lipinski definition) is 0. The van der Waals surface area contributed by atoms with Gasteiger partial charge in [-0.2, -0.15) is 0 Å². The van der Waals surface area contributed by atoms with E-state index in [2.05, 4.69) is 12.2 Å². The Morgan fingerprint density at radius 1 is 1.33 bits per heavy atom. The molecule has 0 N–H and O–H groups in total. The van der Waals surface area contributed by atoms with Gasteiger partial charge in [0.25, 0.3) is 0 Å². The highest BCUT2D eigenvalue weighted by Crippen LogP contribution is 2.42. The minimum atomic E-state index is 0.258. The molecule has 1 saturated heterocycles. The molecule has 2 rings (SSSR count). The summed E-state index contributed by atoms with van der Waals surface area (Å²) in [6.07, 6.45) is 13.3. The van der Waals surface area contributed by atoms with E-state index in [1.54, 1.807) is 0 Å². The summed E-state index contributed by atoms with van der Waals surface area (Å²) in [5.74, 6) is 1.48. The number of alkyl halides is 1. The van der Waals surface area contributed by atoms with Crippen LogP contribution in [0.25, 0.3) is 0 Å². The third-order valence-electron chi connectivity index (χ3n) is 3.73. The Morgan fingerprint density at radius 2 is 2.13 bits per heavy atom. The Balaban J connectivity index is 1.86. The van der Waals surface area contributed by atoms with Crippen LogP contribution in [0.5, 0.6) is 0 Å². The molecule has 0 aromatic rings. The zero-order valence-electron chi connectivity index (χ0n) is 9.38. The van der Waals surface area contributed by atoms with Crippen LogP contribution >= 0.6 is 11.6 Å². The van der Waals surface area contributed by atoms with Gasteiger partial charge in [0.05, 0.1) is 5.60 Å². The average Bonchev–Trinajstić information content (AvgIpc) is 2.67. The molecule has 86 valence electrons. The SMILES string of the molecule is ClCCC=CC1CCOC2(CCCC2)C1. The van der Waals surface area contributed by atoms with Gasteiger partial charge in [0, 0.05) is 12.5 Å². The van der Waals surface area contributed by atoms with Crippen LogP contribution in [0, 0.1) is 5.92 Å². The molecule has 1 unspecified atom stereocenters. The van der Waals surface area contributed by atoms with Gasteiger partial charge in [0.15, 0.2) is 0 Å². The molecule has 1 saturated carbocycles. The topological polar surface area (TPSA) is 9.23 Å². The van der Waals surface area contributed by atoms with Gasteiger partial charge in [-0.3, -0.25) is 0 Å². The number of halogens is 1. The molecule has 2 fully saturated rings. The van der Waals surface area contributed by atoms with Crippen molar-refractivity contribution in [2.45, 2.75) is 50.5 Å². The lowest BCUT2D eigenvalue weighted by Crippen LogP contribution is -2.36. The van der Waals surface area contributed by atoms with E-state index in [9.17, 15) is 0 Å². The highest BCUT2D eigenvalue weighted by atomic mass is 35.5. The molecule has 1 atom stereocenters. The smallest absolute Gasteiger partial charge is 0.0688 e. The molecule has 1 aliphatic carbocycles. The molecular weight excluding hydrogens is 208 g/mol. The lowest BCUT2D eigenvalue weighted by molar-refractivity contribution is -0.0853. The van der Waals surface area contributed by atoms with Crippen molar-refractivity contribution in [3.05, 3.63) is 12.2 Å². The maximum atomic E-state index is 6.00. The number of rotatable bonds is 3. The standard InChI is InChI=1S/C13H21ClO/c14-9-4-1-5-12-6-10-15-13(11-12)7-2-3-8-13/h1,5,12H,2-4,6-11H2. The summed E-state index contributed by atoms with van der Waals surface area (Å²) in [5, 5.41) is 0. The molecule has 2 aliphatic rings. The first kappa shape index (κ1) is 11.5. The van der Waals surface area contributed by atoms with Gasteiger partial charge in [-0.15, -0.1) is 11.6 Å². The van der Waals surface area contributed by atoms with Gasteiger partial charge in [-0.1, -0.05) is 25.0 Å². The van der Waals surface area contributed by atoms with E-state index in [0.717, 1.165) is 24.8 Å². The van der Waals surface area contributed by atoms with E-state index in [4.69, 9.17) is 16.3 Å². The van der Waals surface area contributed by atoms with Gasteiger partial charge < -0.3 is 4.74 Å². The molecular formula is C13H21ClO. The number of ether oxygens (including phenoxy) is 1. The second kappa shape index (κ2) is 5.36. The van der Waals surface area contributed by atoms with Crippen molar-refractivity contribution in [2.75, 3.05) is 12.5 Å². The van der Waals surface area contributed by atoms with E-state index >= 15 is 0 Å². The fourth-order valence-electron chi connectivity index (χ4n) is 2.95. The third-order valence-corrected chi connectivity index (χ3v) is 3.95. The molecule has 0 amide bonds. The van der Waals surface area contributed by atoms with E-state index in [-0.39, 0.29) is 5.60 Å². The molecule has 0 radical (unpaired) electrons. The first-order valence-electron chi connectivity index (χ1n) is 6.21. The van der Waals surface area contributed by atoms with Crippen molar-refractivity contribution < 1.29 is 4.74 Å². The summed E-state index contributed by atoms with van der Waals surface area (Å²) in [6, 6.07) is 0. The molecule has 0 bridgehead atoms. The number of allylic oxidation sites excluding steroid dienone is 2. The van der Waals surface area contributed by atoms with Gasteiger partial charge in [0.1, 0.15) is 0 Å². The van der Waals surface area contributed by atoms with Gasteiger partial charge in [-0.25, -0.2) is 0 Å². The van der Waals surface area contributed by atoms with Crippen molar-refractivity contribution >= 4 is 11.6 Å². The Kier molecular flexibility index (Phi) is 4.10. The molecule has 0 aromatic carbocycles. The van der Waals surface area contributed by atoms with Crippen molar-refractivity contribution in [1.29, 1.82) is 0 Å². The zero-order valence-corrected chi connectivity index (χ0v) is 10.1. The lowest BCUT2D eigenvalue weighted by atomic mass is 9.84. The summed E-state index contributed by atoms with van der Waals surface area (Å²) >= 11 is 5.66. The summed E-state index contributed by atoms with van der Waals surface area (Å²) in [6.45, 7) is 0.954. The van der Waals surface area contributed by atoms with E-state index in [0.29, 0.717) is 0 Å². The number of hydrogen-bond acceptors (Lipinski definition) is 1. The summed E-state index contributed by atoms with van der Waals surface area (Å²) in [7, 11) is 0. The highest BCUT2D eigenvalue weighted by Gasteiger charge is 2.38. The second-order valence-electron chi connectivity index (χ2n) is 4.90. The van der Waals surface area contributed by atoms with Gasteiger partial charge >= 0.3 is 0 Å². The Morgan fingerprint density at radius 3 is 2.87 bits per heavy atom. The third kappa shape index (κ3) is 2.98. The summed E-state index contributed by atoms with van der Waals surface area (Å²) < 4.78 is 6.00. The fourth-order valence-corrected chi connectivity index (χ4v) is 3.08. The van der Waals surface area contributed by atoms with Crippen LogP contribution in [0.3, 0.4) is 0 Å². The van der Waals surface area contributed by atoms with Crippen molar-refractivity contribution in [3.63, 3.8) is 0 Å². The highest BCUT2D eigenvalue weighted by molar-refractivity contribution is 6.17. The first-order chi connectivity index (χ1) is 7.35. The molecule has 1 aliphatic heterocycles. The van der Waals surface area contributed by atoms with Crippen molar-refractivity contribution in [1.82, 2.24) is 0 Å². The minimum absolute atomic E-state index is 0.258. The minimum Gasteiger partial charge on any atom is -0.375 e. The maximum absolute atomic E-state index is 6.00. The second-order valence-corrected chi connectivity index (χ2v) is 5.28. The monoisotopic (exact) mass is 228 g/mol. The Hall–Kier alpha value is -0.0100. The Bertz CT molecular complexity index is 219. The van der Waals surface area contributed by atoms with Crippen LogP contribution < -0.4 is 0 Å².